The van der Waals surface area contributed by atoms with Crippen LogP contribution in [0.2, 0.25) is 10.0 Å². The zero-order chi connectivity index (χ0) is 12.4. The van der Waals surface area contributed by atoms with Crippen LogP contribution in [0.1, 0.15) is 0 Å². The molecule has 0 amide bonds. The molecule has 2 aromatic rings. The van der Waals surface area contributed by atoms with Crippen molar-refractivity contribution in [1.82, 2.24) is 0 Å². The molecule has 0 bridgehead atoms. The second-order valence-electron chi connectivity index (χ2n) is 3.60. The lowest BCUT2D eigenvalue weighted by Gasteiger charge is -2.11. The minimum Gasteiger partial charge on any atom is -0.399 e. The predicted molar refractivity (Wildman–Crippen MR) is 75.0 cm³/mol. The van der Waals surface area contributed by atoms with Gasteiger partial charge in [-0.3, -0.25) is 0 Å². The number of hydrogen-bond acceptors (Lipinski definition) is 3. The number of nitrogens with two attached hydrogens (primary N) is 2. The molecule has 0 radical (unpaired) electrons. The van der Waals surface area contributed by atoms with E-state index in [4.69, 9.17) is 34.7 Å². The number of nitrogen functional groups attached to an aromatic ring is 2. The number of halogens is 2. The van der Waals surface area contributed by atoms with Gasteiger partial charge >= 0.3 is 0 Å². The molecule has 3 nitrogen and oxygen atoms in total. The maximum atomic E-state index is 6.05. The first-order valence-corrected chi connectivity index (χ1v) is 5.69. The van der Waals surface area contributed by atoms with Crippen molar-refractivity contribution >= 4 is 46.0 Å². The third-order valence-corrected chi connectivity index (χ3v) is 2.82. The summed E-state index contributed by atoms with van der Waals surface area (Å²) in [4.78, 5) is 0. The van der Waals surface area contributed by atoms with Gasteiger partial charge in [-0.1, -0.05) is 23.2 Å². The Hall–Kier alpha value is -1.58. The summed E-state index contributed by atoms with van der Waals surface area (Å²) in [6, 6.07) is 10.5. The van der Waals surface area contributed by atoms with Crippen molar-refractivity contribution in [2.75, 3.05) is 16.8 Å². The topological polar surface area (TPSA) is 64.1 Å². The minimum atomic E-state index is 0.536. The van der Waals surface area contributed by atoms with Crippen LogP contribution in [-0.4, -0.2) is 0 Å². The molecular weight excluding hydrogens is 257 g/mol. The molecule has 0 saturated heterocycles. The van der Waals surface area contributed by atoms with Crippen LogP contribution in [-0.2, 0) is 0 Å². The van der Waals surface area contributed by atoms with E-state index in [2.05, 4.69) is 5.32 Å². The van der Waals surface area contributed by atoms with Crippen LogP contribution in [0.15, 0.2) is 36.4 Å². The second kappa shape index (κ2) is 4.73. The van der Waals surface area contributed by atoms with Gasteiger partial charge in [0.2, 0.25) is 0 Å². The van der Waals surface area contributed by atoms with Crippen molar-refractivity contribution < 1.29 is 0 Å². The Labute approximate surface area is 109 Å². The molecule has 0 fully saturated rings. The number of rotatable bonds is 2. The fraction of sp³-hybridized carbons (Fsp3) is 0. The van der Waals surface area contributed by atoms with Crippen molar-refractivity contribution in [3.8, 4) is 0 Å². The van der Waals surface area contributed by atoms with Crippen molar-refractivity contribution in [2.45, 2.75) is 0 Å². The zero-order valence-electron chi connectivity index (χ0n) is 8.87. The SMILES string of the molecule is Nc1ccc(Nc2ccc(Cl)cc2Cl)c(N)c1. The van der Waals surface area contributed by atoms with Gasteiger partial charge in [0, 0.05) is 10.7 Å². The molecule has 0 aliphatic carbocycles. The van der Waals surface area contributed by atoms with Crippen molar-refractivity contribution in [2.24, 2.45) is 0 Å². The quantitative estimate of drug-likeness (QED) is 0.724. The summed E-state index contributed by atoms with van der Waals surface area (Å²) in [5.74, 6) is 0. The van der Waals surface area contributed by atoms with E-state index in [-0.39, 0.29) is 0 Å². The first-order valence-electron chi connectivity index (χ1n) is 4.93. The van der Waals surface area contributed by atoms with Gasteiger partial charge < -0.3 is 16.8 Å². The van der Waals surface area contributed by atoms with Gasteiger partial charge in [-0.25, -0.2) is 0 Å². The fourth-order valence-electron chi connectivity index (χ4n) is 1.43. The molecule has 0 atom stereocenters. The highest BCUT2D eigenvalue weighted by atomic mass is 35.5. The molecule has 5 heteroatoms. The van der Waals surface area contributed by atoms with E-state index in [1.165, 1.54) is 0 Å². The third kappa shape index (κ3) is 2.75. The van der Waals surface area contributed by atoms with Crippen molar-refractivity contribution in [3.05, 3.63) is 46.4 Å². The average molecular weight is 268 g/mol. The lowest BCUT2D eigenvalue weighted by atomic mass is 10.2. The van der Waals surface area contributed by atoms with Crippen LogP contribution in [0, 0.1) is 0 Å². The average Bonchev–Trinajstić information content (AvgIpc) is 2.25. The first kappa shape index (κ1) is 11.9. The van der Waals surface area contributed by atoms with Gasteiger partial charge in [0.25, 0.3) is 0 Å². The summed E-state index contributed by atoms with van der Waals surface area (Å²) in [6.45, 7) is 0. The number of benzene rings is 2. The number of anilines is 4. The van der Waals surface area contributed by atoms with Crippen LogP contribution < -0.4 is 16.8 Å². The third-order valence-electron chi connectivity index (χ3n) is 2.28. The molecule has 0 aromatic heterocycles. The van der Waals surface area contributed by atoms with Crippen molar-refractivity contribution in [1.29, 1.82) is 0 Å². The molecule has 0 unspecified atom stereocenters. The Bertz CT molecular complexity index is 506. The molecule has 0 aliphatic heterocycles. The van der Waals surface area contributed by atoms with Crippen LogP contribution in [0.5, 0.6) is 0 Å². The van der Waals surface area contributed by atoms with Gasteiger partial charge in [-0.05, 0) is 36.4 Å². The Morgan fingerprint density at radius 2 is 1.59 bits per heavy atom. The Morgan fingerprint density at radius 1 is 0.882 bits per heavy atom. The summed E-state index contributed by atoms with van der Waals surface area (Å²) in [7, 11) is 0. The smallest absolute Gasteiger partial charge is 0.0655 e. The van der Waals surface area contributed by atoms with Crippen LogP contribution in [0.25, 0.3) is 0 Å². The second-order valence-corrected chi connectivity index (χ2v) is 4.44. The maximum Gasteiger partial charge on any atom is 0.0655 e. The van der Waals surface area contributed by atoms with E-state index in [0.717, 1.165) is 11.4 Å². The summed E-state index contributed by atoms with van der Waals surface area (Å²) in [6.07, 6.45) is 0. The lowest BCUT2D eigenvalue weighted by molar-refractivity contribution is 1.54. The maximum absolute atomic E-state index is 6.05. The monoisotopic (exact) mass is 267 g/mol. The largest absolute Gasteiger partial charge is 0.399 e. The van der Waals surface area contributed by atoms with Crippen LogP contribution in [0.4, 0.5) is 22.7 Å². The summed E-state index contributed by atoms with van der Waals surface area (Å²) < 4.78 is 0. The Balaban J connectivity index is 2.31. The molecule has 2 aromatic carbocycles. The molecule has 0 aliphatic rings. The van der Waals surface area contributed by atoms with Crippen LogP contribution >= 0.6 is 23.2 Å². The minimum absolute atomic E-state index is 0.536. The van der Waals surface area contributed by atoms with Gasteiger partial charge in [0.1, 0.15) is 0 Å². The highest BCUT2D eigenvalue weighted by Crippen LogP contribution is 2.31. The standard InChI is InChI=1S/C12H11Cl2N3/c13-7-1-3-11(9(14)5-7)17-12-4-2-8(15)6-10(12)16/h1-6,17H,15-16H2. The van der Waals surface area contributed by atoms with E-state index < -0.39 is 0 Å². The number of hydrogen-bond donors (Lipinski definition) is 3. The van der Waals surface area contributed by atoms with E-state index >= 15 is 0 Å². The molecule has 88 valence electrons. The van der Waals surface area contributed by atoms with E-state index in [1.807, 2.05) is 0 Å². The summed E-state index contributed by atoms with van der Waals surface area (Å²) in [5.41, 5.74) is 14.1. The van der Waals surface area contributed by atoms with Gasteiger partial charge in [-0.2, -0.15) is 0 Å². The molecular formula is C12H11Cl2N3. The molecule has 0 heterocycles. The predicted octanol–water partition coefficient (Wildman–Crippen LogP) is 3.90. The van der Waals surface area contributed by atoms with Crippen LogP contribution in [0.3, 0.4) is 0 Å². The molecule has 5 N–H and O–H groups in total. The summed E-state index contributed by atoms with van der Waals surface area (Å²) >= 11 is 11.9. The van der Waals surface area contributed by atoms with Crippen molar-refractivity contribution in [3.63, 3.8) is 0 Å². The summed E-state index contributed by atoms with van der Waals surface area (Å²) in [5, 5.41) is 4.25. The zero-order valence-corrected chi connectivity index (χ0v) is 10.4. The lowest BCUT2D eigenvalue weighted by Crippen LogP contribution is -1.98. The van der Waals surface area contributed by atoms with E-state index in [0.29, 0.717) is 21.4 Å². The fourth-order valence-corrected chi connectivity index (χ4v) is 1.89. The normalized spacial score (nSPS) is 10.2. The first-order chi connectivity index (χ1) is 8.06. The highest BCUT2D eigenvalue weighted by Gasteiger charge is 2.04. The Kier molecular flexibility index (Phi) is 3.31. The molecule has 0 spiro atoms. The molecule has 0 saturated carbocycles. The highest BCUT2D eigenvalue weighted by molar-refractivity contribution is 6.36. The van der Waals surface area contributed by atoms with Gasteiger partial charge in [-0.15, -0.1) is 0 Å². The molecule has 2 rings (SSSR count). The molecule has 17 heavy (non-hydrogen) atoms. The Morgan fingerprint density at radius 3 is 2.24 bits per heavy atom. The van der Waals surface area contributed by atoms with Gasteiger partial charge in [0.15, 0.2) is 0 Å². The van der Waals surface area contributed by atoms with E-state index in [1.54, 1.807) is 36.4 Å². The van der Waals surface area contributed by atoms with E-state index in [9.17, 15) is 0 Å². The number of nitrogens with one attached hydrogen (secondary N) is 1. The van der Waals surface area contributed by atoms with Gasteiger partial charge in [0.05, 0.1) is 22.1 Å².